The van der Waals surface area contributed by atoms with E-state index in [0.29, 0.717) is 8.95 Å². The van der Waals surface area contributed by atoms with Crippen LogP contribution in [0.5, 0.6) is 5.75 Å². The summed E-state index contributed by atoms with van der Waals surface area (Å²) in [6.45, 7) is 0.287. The maximum atomic E-state index is 13.6. The molecule has 0 aliphatic rings. The average Bonchev–Trinajstić information content (AvgIpc) is 2.38. The van der Waals surface area contributed by atoms with Gasteiger partial charge in [0.2, 0.25) is 0 Å². The molecule has 0 aliphatic heterocycles. The van der Waals surface area contributed by atoms with E-state index in [9.17, 15) is 13.9 Å². The first-order chi connectivity index (χ1) is 9.38. The normalized spacial score (nSPS) is 10.7. The molecule has 7 heteroatoms. The molecule has 0 radical (unpaired) electrons. The number of halogens is 5. The molecule has 0 spiro atoms. The van der Waals surface area contributed by atoms with Gasteiger partial charge in [-0.1, -0.05) is 0 Å². The SMILES string of the molecule is Oc1c(Br)cc(CNc2cc(F)c(Br)cc2F)cc1Br. The van der Waals surface area contributed by atoms with Crippen molar-refractivity contribution in [2.45, 2.75) is 6.54 Å². The van der Waals surface area contributed by atoms with Gasteiger partial charge in [0.1, 0.15) is 17.4 Å². The maximum Gasteiger partial charge on any atom is 0.147 e. The Hall–Kier alpha value is -0.660. The van der Waals surface area contributed by atoms with Crippen molar-refractivity contribution in [1.82, 2.24) is 0 Å². The lowest BCUT2D eigenvalue weighted by Gasteiger charge is -2.10. The molecule has 0 aliphatic carbocycles. The minimum absolute atomic E-state index is 0.0750. The third kappa shape index (κ3) is 3.51. The Morgan fingerprint density at radius 3 is 2.10 bits per heavy atom. The molecule has 0 fully saturated rings. The van der Waals surface area contributed by atoms with Crippen LogP contribution in [0.15, 0.2) is 37.7 Å². The van der Waals surface area contributed by atoms with Crippen LogP contribution in [-0.4, -0.2) is 5.11 Å². The molecule has 0 saturated heterocycles. The highest BCUT2D eigenvalue weighted by molar-refractivity contribution is 9.11. The number of benzene rings is 2. The van der Waals surface area contributed by atoms with Crippen molar-refractivity contribution in [2.24, 2.45) is 0 Å². The van der Waals surface area contributed by atoms with Gasteiger partial charge < -0.3 is 10.4 Å². The van der Waals surface area contributed by atoms with Crippen LogP contribution in [0.4, 0.5) is 14.5 Å². The van der Waals surface area contributed by atoms with E-state index in [1.54, 1.807) is 12.1 Å². The Bertz CT molecular complexity index is 641. The van der Waals surface area contributed by atoms with Gasteiger partial charge in [0.05, 0.1) is 19.1 Å². The van der Waals surface area contributed by atoms with Crippen LogP contribution in [0.1, 0.15) is 5.56 Å². The van der Waals surface area contributed by atoms with Gasteiger partial charge in [-0.05, 0) is 71.6 Å². The standard InChI is InChI=1S/C13H8Br3F2NO/c14-7-3-11(18)12(4-10(7)17)19-5-6-1-8(15)13(20)9(16)2-6/h1-4,19-20H,5H2. The quantitative estimate of drug-likeness (QED) is 0.574. The molecule has 2 rings (SSSR count). The average molecular weight is 472 g/mol. The Morgan fingerprint density at radius 1 is 0.900 bits per heavy atom. The molecular weight excluding hydrogens is 464 g/mol. The van der Waals surface area contributed by atoms with Crippen molar-refractivity contribution < 1.29 is 13.9 Å². The second-order valence-corrected chi connectivity index (χ2v) is 6.57. The zero-order chi connectivity index (χ0) is 14.9. The molecule has 0 aromatic heterocycles. The monoisotopic (exact) mass is 469 g/mol. The number of nitrogens with one attached hydrogen (secondary N) is 1. The van der Waals surface area contributed by atoms with Crippen LogP contribution < -0.4 is 5.32 Å². The highest BCUT2D eigenvalue weighted by atomic mass is 79.9. The van der Waals surface area contributed by atoms with Crippen LogP contribution in [0, 0.1) is 11.6 Å². The van der Waals surface area contributed by atoms with E-state index in [4.69, 9.17) is 0 Å². The fourth-order valence-electron chi connectivity index (χ4n) is 1.58. The lowest BCUT2D eigenvalue weighted by Crippen LogP contribution is -2.02. The molecule has 0 bridgehead atoms. The number of hydrogen-bond acceptors (Lipinski definition) is 2. The van der Waals surface area contributed by atoms with Crippen LogP contribution in [0.3, 0.4) is 0 Å². The smallest absolute Gasteiger partial charge is 0.147 e. The van der Waals surface area contributed by atoms with Crippen LogP contribution in [0.25, 0.3) is 0 Å². The molecule has 2 nitrogen and oxygen atoms in total. The molecule has 0 heterocycles. The van der Waals surface area contributed by atoms with E-state index < -0.39 is 11.6 Å². The summed E-state index contributed by atoms with van der Waals surface area (Å²) in [7, 11) is 0. The van der Waals surface area contributed by atoms with Crippen molar-refractivity contribution in [1.29, 1.82) is 0 Å². The van der Waals surface area contributed by atoms with Gasteiger partial charge in [-0.15, -0.1) is 0 Å². The van der Waals surface area contributed by atoms with Crippen LogP contribution in [-0.2, 0) is 6.54 Å². The van der Waals surface area contributed by atoms with Gasteiger partial charge >= 0.3 is 0 Å². The summed E-state index contributed by atoms with van der Waals surface area (Å²) in [5, 5.41) is 12.4. The number of phenolic OH excluding ortho intramolecular Hbond substituents is 1. The minimum atomic E-state index is -0.546. The van der Waals surface area contributed by atoms with E-state index in [1.807, 2.05) is 0 Å². The summed E-state index contributed by atoms with van der Waals surface area (Å²) in [6.07, 6.45) is 0. The van der Waals surface area contributed by atoms with E-state index in [-0.39, 0.29) is 22.5 Å². The molecular formula is C13H8Br3F2NO. The van der Waals surface area contributed by atoms with E-state index in [0.717, 1.165) is 17.7 Å². The van der Waals surface area contributed by atoms with Crippen molar-refractivity contribution >= 4 is 53.5 Å². The Morgan fingerprint density at radius 2 is 1.50 bits per heavy atom. The van der Waals surface area contributed by atoms with Gasteiger partial charge in [-0.25, -0.2) is 8.78 Å². The van der Waals surface area contributed by atoms with Crippen molar-refractivity contribution in [3.63, 3.8) is 0 Å². The minimum Gasteiger partial charge on any atom is -0.506 e. The fraction of sp³-hybridized carbons (Fsp3) is 0.0769. The third-order valence-electron chi connectivity index (χ3n) is 2.57. The second-order valence-electron chi connectivity index (χ2n) is 4.01. The second kappa shape index (κ2) is 6.41. The zero-order valence-electron chi connectivity index (χ0n) is 9.85. The Balaban J connectivity index is 2.19. The molecule has 2 N–H and O–H groups in total. The van der Waals surface area contributed by atoms with Gasteiger partial charge in [-0.2, -0.15) is 0 Å². The van der Waals surface area contributed by atoms with E-state index in [1.165, 1.54) is 0 Å². The summed E-state index contributed by atoms with van der Waals surface area (Å²) in [6, 6.07) is 5.55. The molecule has 20 heavy (non-hydrogen) atoms. The zero-order valence-corrected chi connectivity index (χ0v) is 14.6. The summed E-state index contributed by atoms with van der Waals surface area (Å²) in [5.74, 6) is -0.994. The molecule has 0 saturated carbocycles. The molecule has 0 atom stereocenters. The number of phenols is 1. The van der Waals surface area contributed by atoms with Crippen LogP contribution >= 0.6 is 47.8 Å². The number of anilines is 1. The first-order valence-electron chi connectivity index (χ1n) is 5.44. The predicted molar refractivity (Wildman–Crippen MR) is 84.9 cm³/mol. The van der Waals surface area contributed by atoms with Crippen molar-refractivity contribution in [3.05, 3.63) is 54.9 Å². The largest absolute Gasteiger partial charge is 0.506 e. The Kier molecular flexibility index (Phi) is 5.04. The summed E-state index contributed by atoms with van der Waals surface area (Å²) in [5.41, 5.74) is 0.871. The topological polar surface area (TPSA) is 32.3 Å². The first kappa shape index (κ1) is 15.7. The van der Waals surface area contributed by atoms with Crippen molar-refractivity contribution in [3.8, 4) is 5.75 Å². The summed E-state index contributed by atoms with van der Waals surface area (Å²) >= 11 is 9.34. The number of rotatable bonds is 3. The first-order valence-corrected chi connectivity index (χ1v) is 7.81. The van der Waals surface area contributed by atoms with Gasteiger partial charge in [0.25, 0.3) is 0 Å². The highest BCUT2D eigenvalue weighted by Crippen LogP contribution is 2.33. The lowest BCUT2D eigenvalue weighted by molar-refractivity contribution is 0.468. The maximum absolute atomic E-state index is 13.6. The molecule has 0 amide bonds. The van der Waals surface area contributed by atoms with Crippen molar-refractivity contribution in [2.75, 3.05) is 5.32 Å². The highest BCUT2D eigenvalue weighted by Gasteiger charge is 2.09. The predicted octanol–water partition coefficient (Wildman–Crippen LogP) is 5.57. The molecule has 2 aromatic rings. The van der Waals surface area contributed by atoms with E-state index >= 15 is 0 Å². The van der Waals surface area contributed by atoms with Gasteiger partial charge in [-0.3, -0.25) is 0 Å². The molecule has 2 aromatic carbocycles. The number of aromatic hydroxyl groups is 1. The number of hydrogen-bond donors (Lipinski definition) is 2. The van der Waals surface area contributed by atoms with Crippen LogP contribution in [0.2, 0.25) is 0 Å². The third-order valence-corrected chi connectivity index (χ3v) is 4.39. The van der Waals surface area contributed by atoms with E-state index in [2.05, 4.69) is 53.1 Å². The van der Waals surface area contributed by atoms with Gasteiger partial charge in [0.15, 0.2) is 0 Å². The van der Waals surface area contributed by atoms with Gasteiger partial charge in [0, 0.05) is 12.6 Å². The summed E-state index contributed by atoms with van der Waals surface area (Å²) < 4.78 is 28.1. The fourth-order valence-corrected chi connectivity index (χ4v) is 3.17. The molecule has 106 valence electrons. The lowest BCUT2D eigenvalue weighted by atomic mass is 10.2. The molecule has 0 unspecified atom stereocenters. The summed E-state index contributed by atoms with van der Waals surface area (Å²) in [4.78, 5) is 0. The Labute approximate surface area is 139 Å².